The molecule has 0 aromatic heterocycles. The molecule has 3 fully saturated rings. The van der Waals surface area contributed by atoms with Gasteiger partial charge in [0.05, 0.1) is 0 Å². The van der Waals surface area contributed by atoms with Gasteiger partial charge in [-0.2, -0.15) is 0 Å². The molecule has 1 atom stereocenters. The fourth-order valence-corrected chi connectivity index (χ4v) is 4.32. The maximum Gasteiger partial charge on any atom is 0.251 e. The molecule has 1 aliphatic carbocycles. The van der Waals surface area contributed by atoms with Crippen LogP contribution in [0.15, 0.2) is 24.3 Å². The van der Waals surface area contributed by atoms with E-state index in [0.717, 1.165) is 45.3 Å². The highest BCUT2D eigenvalue weighted by Crippen LogP contribution is 2.32. The van der Waals surface area contributed by atoms with Gasteiger partial charge in [0.1, 0.15) is 11.9 Å². The van der Waals surface area contributed by atoms with Crippen LogP contribution in [0.2, 0.25) is 0 Å². The SMILES string of the molecule is CCN1CC(CNC(=O)c2cccc(OC3CCN(C(=O)C4CC4)CC3)c2)CC1=O. The van der Waals surface area contributed by atoms with Crippen LogP contribution in [0.3, 0.4) is 0 Å². The van der Waals surface area contributed by atoms with E-state index >= 15 is 0 Å². The van der Waals surface area contributed by atoms with Gasteiger partial charge in [0.25, 0.3) is 5.91 Å². The number of ether oxygens (including phenoxy) is 1. The predicted octanol–water partition coefficient (Wildman–Crippen LogP) is 2.06. The minimum absolute atomic E-state index is 0.0658. The van der Waals surface area contributed by atoms with Gasteiger partial charge >= 0.3 is 0 Å². The van der Waals surface area contributed by atoms with Crippen molar-refractivity contribution in [3.8, 4) is 5.75 Å². The summed E-state index contributed by atoms with van der Waals surface area (Å²) in [5, 5.41) is 2.95. The van der Waals surface area contributed by atoms with Crippen molar-refractivity contribution in [3.63, 3.8) is 0 Å². The fraction of sp³-hybridized carbons (Fsp3) is 0.609. The van der Waals surface area contributed by atoms with E-state index in [0.29, 0.717) is 36.7 Å². The van der Waals surface area contributed by atoms with E-state index in [1.165, 1.54) is 0 Å². The molecular weight excluding hydrogens is 382 g/mol. The third-order valence-corrected chi connectivity index (χ3v) is 6.31. The maximum atomic E-state index is 12.6. The van der Waals surface area contributed by atoms with E-state index in [1.807, 2.05) is 28.9 Å². The summed E-state index contributed by atoms with van der Waals surface area (Å²) in [5.41, 5.74) is 0.561. The number of carbonyl (C=O) groups is 3. The molecule has 162 valence electrons. The first-order valence-electron chi connectivity index (χ1n) is 11.1. The lowest BCUT2D eigenvalue weighted by Crippen LogP contribution is -2.42. The van der Waals surface area contributed by atoms with E-state index in [-0.39, 0.29) is 29.8 Å². The second-order valence-corrected chi connectivity index (χ2v) is 8.66. The van der Waals surface area contributed by atoms with Gasteiger partial charge in [0, 0.05) is 69.4 Å². The average Bonchev–Trinajstić information content (AvgIpc) is 3.55. The molecule has 1 aromatic rings. The van der Waals surface area contributed by atoms with Gasteiger partial charge in [-0.3, -0.25) is 14.4 Å². The summed E-state index contributed by atoms with van der Waals surface area (Å²) < 4.78 is 6.10. The van der Waals surface area contributed by atoms with Crippen molar-refractivity contribution in [2.24, 2.45) is 11.8 Å². The quantitative estimate of drug-likeness (QED) is 0.742. The van der Waals surface area contributed by atoms with Crippen LogP contribution in [0.5, 0.6) is 5.75 Å². The number of piperidine rings is 1. The number of likely N-dealkylation sites (tertiary alicyclic amines) is 2. The molecule has 7 nitrogen and oxygen atoms in total. The highest BCUT2D eigenvalue weighted by Gasteiger charge is 2.35. The first kappa shape index (κ1) is 20.7. The summed E-state index contributed by atoms with van der Waals surface area (Å²) in [4.78, 5) is 40.4. The Bertz CT molecular complexity index is 799. The largest absolute Gasteiger partial charge is 0.490 e. The lowest BCUT2D eigenvalue weighted by Gasteiger charge is -2.32. The molecule has 1 N–H and O–H groups in total. The summed E-state index contributed by atoms with van der Waals surface area (Å²) in [6.45, 7) is 5.39. The Hall–Kier alpha value is -2.57. The summed E-state index contributed by atoms with van der Waals surface area (Å²) in [6, 6.07) is 7.24. The van der Waals surface area contributed by atoms with Crippen molar-refractivity contribution < 1.29 is 19.1 Å². The van der Waals surface area contributed by atoms with E-state index in [1.54, 1.807) is 12.1 Å². The van der Waals surface area contributed by atoms with E-state index in [2.05, 4.69) is 5.32 Å². The smallest absolute Gasteiger partial charge is 0.251 e. The van der Waals surface area contributed by atoms with Crippen LogP contribution < -0.4 is 10.1 Å². The number of benzene rings is 1. The molecule has 2 aliphatic heterocycles. The van der Waals surface area contributed by atoms with E-state index < -0.39 is 0 Å². The van der Waals surface area contributed by atoms with Crippen molar-refractivity contribution in [1.82, 2.24) is 15.1 Å². The zero-order valence-electron chi connectivity index (χ0n) is 17.6. The Kier molecular flexibility index (Phi) is 6.25. The van der Waals surface area contributed by atoms with Crippen LogP contribution in [0.25, 0.3) is 0 Å². The minimum atomic E-state index is -0.146. The maximum absolute atomic E-state index is 12.6. The third kappa shape index (κ3) is 4.94. The van der Waals surface area contributed by atoms with Gasteiger partial charge in [0.15, 0.2) is 0 Å². The normalized spacial score (nSPS) is 22.3. The van der Waals surface area contributed by atoms with Crippen molar-refractivity contribution in [2.75, 3.05) is 32.7 Å². The molecule has 1 unspecified atom stereocenters. The second kappa shape index (κ2) is 9.06. The molecule has 0 bridgehead atoms. The highest BCUT2D eigenvalue weighted by molar-refractivity contribution is 5.94. The third-order valence-electron chi connectivity index (χ3n) is 6.31. The molecule has 1 saturated carbocycles. The predicted molar refractivity (Wildman–Crippen MR) is 112 cm³/mol. The van der Waals surface area contributed by atoms with Crippen LogP contribution >= 0.6 is 0 Å². The summed E-state index contributed by atoms with van der Waals surface area (Å²) in [5.74, 6) is 1.44. The Balaban J connectivity index is 1.25. The molecule has 1 aromatic carbocycles. The van der Waals surface area contributed by atoms with E-state index in [9.17, 15) is 14.4 Å². The zero-order chi connectivity index (χ0) is 21.1. The first-order valence-corrected chi connectivity index (χ1v) is 11.1. The van der Waals surface area contributed by atoms with Gasteiger partial charge in [-0.15, -0.1) is 0 Å². The van der Waals surface area contributed by atoms with Crippen molar-refractivity contribution in [3.05, 3.63) is 29.8 Å². The van der Waals surface area contributed by atoms with Gasteiger partial charge in [0.2, 0.25) is 11.8 Å². The number of rotatable bonds is 7. The Morgan fingerprint density at radius 2 is 1.93 bits per heavy atom. The van der Waals surface area contributed by atoms with Gasteiger partial charge < -0.3 is 19.9 Å². The molecule has 0 spiro atoms. The second-order valence-electron chi connectivity index (χ2n) is 8.66. The van der Waals surface area contributed by atoms with Gasteiger partial charge in [-0.25, -0.2) is 0 Å². The van der Waals surface area contributed by atoms with Crippen LogP contribution in [-0.2, 0) is 9.59 Å². The van der Waals surface area contributed by atoms with Crippen molar-refractivity contribution in [1.29, 1.82) is 0 Å². The number of amides is 3. The van der Waals surface area contributed by atoms with Crippen molar-refractivity contribution >= 4 is 17.7 Å². The standard InChI is InChI=1S/C23H31N3O4/c1-2-25-15-16(12-21(25)27)14-24-22(28)18-4-3-5-20(13-18)30-19-8-10-26(11-9-19)23(29)17-6-7-17/h3-5,13,16-17,19H,2,6-12,14-15H2,1H3,(H,24,28). The van der Waals surface area contributed by atoms with Crippen molar-refractivity contribution in [2.45, 2.75) is 45.1 Å². The number of nitrogens with zero attached hydrogens (tertiary/aromatic N) is 2. The first-order chi connectivity index (χ1) is 14.5. The Morgan fingerprint density at radius 1 is 1.17 bits per heavy atom. The zero-order valence-corrected chi connectivity index (χ0v) is 17.6. The fourth-order valence-electron chi connectivity index (χ4n) is 4.32. The van der Waals surface area contributed by atoms with Gasteiger partial charge in [-0.1, -0.05) is 6.07 Å². The van der Waals surface area contributed by atoms with E-state index in [4.69, 9.17) is 4.74 Å². The van der Waals surface area contributed by atoms with Crippen LogP contribution in [-0.4, -0.2) is 66.3 Å². The monoisotopic (exact) mass is 413 g/mol. The molecule has 2 saturated heterocycles. The van der Waals surface area contributed by atoms with Crippen LogP contribution in [0.4, 0.5) is 0 Å². The Labute approximate surface area is 177 Å². The van der Waals surface area contributed by atoms with Crippen LogP contribution in [0, 0.1) is 11.8 Å². The highest BCUT2D eigenvalue weighted by atomic mass is 16.5. The lowest BCUT2D eigenvalue weighted by molar-refractivity contribution is -0.134. The Morgan fingerprint density at radius 3 is 2.60 bits per heavy atom. The molecule has 7 heteroatoms. The molecule has 0 radical (unpaired) electrons. The molecule has 4 rings (SSSR count). The molecular formula is C23H31N3O4. The summed E-state index contributed by atoms with van der Waals surface area (Å²) in [6.07, 6.45) is 4.28. The molecule has 3 aliphatic rings. The van der Waals surface area contributed by atoms with Crippen LogP contribution in [0.1, 0.15) is 49.4 Å². The number of hydrogen-bond acceptors (Lipinski definition) is 4. The number of hydrogen-bond donors (Lipinski definition) is 1. The average molecular weight is 414 g/mol. The molecule has 30 heavy (non-hydrogen) atoms. The lowest BCUT2D eigenvalue weighted by atomic mass is 10.1. The van der Waals surface area contributed by atoms with Gasteiger partial charge in [-0.05, 0) is 38.0 Å². The topological polar surface area (TPSA) is 79.0 Å². The minimum Gasteiger partial charge on any atom is -0.490 e. The summed E-state index contributed by atoms with van der Waals surface area (Å²) in [7, 11) is 0. The number of carbonyl (C=O) groups excluding carboxylic acids is 3. The molecule has 3 amide bonds. The number of nitrogens with one attached hydrogen (secondary N) is 1. The molecule has 2 heterocycles. The summed E-state index contributed by atoms with van der Waals surface area (Å²) >= 11 is 0.